The standard InChI is InChI=1S/C12H23N/c1-10(2)11(12(3,4)5)13-8-6-7-9-13/h6-9H2,1-5H3. The van der Waals surface area contributed by atoms with Crippen LogP contribution in [0.3, 0.4) is 0 Å². The first kappa shape index (κ1) is 10.6. The number of hydrogen-bond acceptors (Lipinski definition) is 1. The molecule has 0 aromatic heterocycles. The predicted octanol–water partition coefficient (Wildman–Crippen LogP) is 3.42. The quantitative estimate of drug-likeness (QED) is 0.599. The lowest BCUT2D eigenvalue weighted by Crippen LogP contribution is -2.28. The molecule has 1 saturated heterocycles. The lowest BCUT2D eigenvalue weighted by molar-refractivity contribution is 0.307. The van der Waals surface area contributed by atoms with Gasteiger partial charge in [0.15, 0.2) is 0 Å². The molecule has 0 aromatic rings. The maximum absolute atomic E-state index is 2.56. The maximum Gasteiger partial charge on any atom is 0.0175 e. The van der Waals surface area contributed by atoms with Gasteiger partial charge in [-0.15, -0.1) is 0 Å². The molecule has 0 bridgehead atoms. The molecule has 0 aliphatic carbocycles. The third-order valence-corrected chi connectivity index (χ3v) is 2.61. The van der Waals surface area contributed by atoms with Gasteiger partial charge in [-0.2, -0.15) is 0 Å². The van der Waals surface area contributed by atoms with Crippen molar-refractivity contribution < 1.29 is 0 Å². The molecule has 1 aliphatic heterocycles. The van der Waals surface area contributed by atoms with Gasteiger partial charge in [-0.1, -0.05) is 26.3 Å². The summed E-state index contributed by atoms with van der Waals surface area (Å²) >= 11 is 0. The summed E-state index contributed by atoms with van der Waals surface area (Å²) in [5.41, 5.74) is 3.35. The Bertz CT molecular complexity index is 198. The normalized spacial score (nSPS) is 17.8. The molecule has 13 heavy (non-hydrogen) atoms. The Morgan fingerprint density at radius 3 is 1.77 bits per heavy atom. The fourth-order valence-corrected chi connectivity index (χ4v) is 2.48. The minimum Gasteiger partial charge on any atom is -0.374 e. The van der Waals surface area contributed by atoms with E-state index >= 15 is 0 Å². The van der Waals surface area contributed by atoms with E-state index in [0.717, 1.165) is 0 Å². The zero-order valence-corrected chi connectivity index (χ0v) is 9.78. The van der Waals surface area contributed by atoms with Gasteiger partial charge in [0, 0.05) is 24.2 Å². The molecule has 76 valence electrons. The number of likely N-dealkylation sites (tertiary alicyclic amines) is 1. The van der Waals surface area contributed by atoms with Gasteiger partial charge >= 0.3 is 0 Å². The van der Waals surface area contributed by atoms with Crippen LogP contribution >= 0.6 is 0 Å². The summed E-state index contributed by atoms with van der Waals surface area (Å²) in [5.74, 6) is 0. The molecule has 1 heterocycles. The lowest BCUT2D eigenvalue weighted by atomic mass is 9.88. The van der Waals surface area contributed by atoms with Crippen molar-refractivity contribution in [3.05, 3.63) is 11.3 Å². The summed E-state index contributed by atoms with van der Waals surface area (Å²) in [5, 5.41) is 0. The molecule has 0 aromatic carbocycles. The fourth-order valence-electron chi connectivity index (χ4n) is 2.48. The third-order valence-electron chi connectivity index (χ3n) is 2.61. The second-order valence-electron chi connectivity index (χ2n) is 5.29. The van der Waals surface area contributed by atoms with Gasteiger partial charge in [0.2, 0.25) is 0 Å². The molecule has 0 spiro atoms. The van der Waals surface area contributed by atoms with Crippen LogP contribution in [0.15, 0.2) is 11.3 Å². The molecule has 0 saturated carbocycles. The molecule has 0 atom stereocenters. The average molecular weight is 181 g/mol. The topological polar surface area (TPSA) is 3.24 Å². The van der Waals surface area contributed by atoms with Gasteiger partial charge in [-0.3, -0.25) is 0 Å². The number of nitrogens with zero attached hydrogens (tertiary/aromatic N) is 1. The van der Waals surface area contributed by atoms with Crippen LogP contribution < -0.4 is 0 Å². The first-order valence-electron chi connectivity index (χ1n) is 5.36. The minimum absolute atomic E-state index is 0.309. The molecule has 1 nitrogen and oxygen atoms in total. The molecule has 1 fully saturated rings. The van der Waals surface area contributed by atoms with Crippen LogP contribution in [-0.4, -0.2) is 18.0 Å². The largest absolute Gasteiger partial charge is 0.374 e. The second kappa shape index (κ2) is 3.73. The number of hydrogen-bond donors (Lipinski definition) is 0. The Hall–Kier alpha value is -0.460. The Kier molecular flexibility index (Phi) is 3.05. The highest BCUT2D eigenvalue weighted by molar-refractivity contribution is 5.16. The van der Waals surface area contributed by atoms with Crippen molar-refractivity contribution in [2.24, 2.45) is 5.41 Å². The molecular weight excluding hydrogens is 158 g/mol. The number of allylic oxidation sites excluding steroid dienone is 2. The van der Waals surface area contributed by atoms with Crippen LogP contribution in [-0.2, 0) is 0 Å². The van der Waals surface area contributed by atoms with E-state index in [1.807, 2.05) is 0 Å². The summed E-state index contributed by atoms with van der Waals surface area (Å²) in [6.45, 7) is 13.9. The summed E-state index contributed by atoms with van der Waals surface area (Å²) in [4.78, 5) is 2.56. The first-order chi connectivity index (χ1) is 5.93. The van der Waals surface area contributed by atoms with Crippen molar-refractivity contribution in [3.63, 3.8) is 0 Å². The predicted molar refractivity (Wildman–Crippen MR) is 58.6 cm³/mol. The molecule has 0 radical (unpaired) electrons. The summed E-state index contributed by atoms with van der Waals surface area (Å²) in [6, 6.07) is 0. The van der Waals surface area contributed by atoms with E-state index in [2.05, 4.69) is 39.5 Å². The SMILES string of the molecule is CC(C)=C(N1CCCC1)C(C)(C)C. The van der Waals surface area contributed by atoms with E-state index in [0.29, 0.717) is 5.41 Å². The van der Waals surface area contributed by atoms with Crippen LogP contribution in [0.1, 0.15) is 47.5 Å². The van der Waals surface area contributed by atoms with Gasteiger partial charge in [0.25, 0.3) is 0 Å². The molecule has 0 amide bonds. The molecule has 1 rings (SSSR count). The van der Waals surface area contributed by atoms with E-state index < -0.39 is 0 Å². The molecular formula is C12H23N. The van der Waals surface area contributed by atoms with E-state index in [1.165, 1.54) is 31.5 Å². The van der Waals surface area contributed by atoms with E-state index in [1.54, 1.807) is 5.70 Å². The molecule has 0 N–H and O–H groups in total. The van der Waals surface area contributed by atoms with Crippen molar-refractivity contribution in [3.8, 4) is 0 Å². The summed E-state index contributed by atoms with van der Waals surface area (Å²) in [6.07, 6.45) is 2.74. The summed E-state index contributed by atoms with van der Waals surface area (Å²) in [7, 11) is 0. The van der Waals surface area contributed by atoms with Gasteiger partial charge < -0.3 is 4.90 Å². The van der Waals surface area contributed by atoms with E-state index in [4.69, 9.17) is 0 Å². The van der Waals surface area contributed by atoms with E-state index in [9.17, 15) is 0 Å². The highest BCUT2D eigenvalue weighted by Crippen LogP contribution is 2.33. The van der Waals surface area contributed by atoms with Crippen LogP contribution in [0, 0.1) is 5.41 Å². The highest BCUT2D eigenvalue weighted by atomic mass is 15.2. The van der Waals surface area contributed by atoms with Crippen molar-refractivity contribution in [2.75, 3.05) is 13.1 Å². The smallest absolute Gasteiger partial charge is 0.0175 e. The Labute approximate surface area is 82.8 Å². The Morgan fingerprint density at radius 2 is 1.46 bits per heavy atom. The fraction of sp³-hybridized carbons (Fsp3) is 0.833. The van der Waals surface area contributed by atoms with Crippen LogP contribution in [0.2, 0.25) is 0 Å². The Balaban J connectivity index is 2.87. The van der Waals surface area contributed by atoms with Gasteiger partial charge in [0.1, 0.15) is 0 Å². The third kappa shape index (κ3) is 2.49. The highest BCUT2D eigenvalue weighted by Gasteiger charge is 2.25. The van der Waals surface area contributed by atoms with Crippen LogP contribution in [0.5, 0.6) is 0 Å². The van der Waals surface area contributed by atoms with Crippen molar-refractivity contribution in [1.82, 2.24) is 4.90 Å². The Morgan fingerprint density at radius 1 is 1.00 bits per heavy atom. The summed E-state index contributed by atoms with van der Waals surface area (Å²) < 4.78 is 0. The van der Waals surface area contributed by atoms with Crippen molar-refractivity contribution >= 4 is 0 Å². The van der Waals surface area contributed by atoms with Crippen LogP contribution in [0.25, 0.3) is 0 Å². The zero-order chi connectivity index (χ0) is 10.1. The van der Waals surface area contributed by atoms with Crippen molar-refractivity contribution in [2.45, 2.75) is 47.5 Å². The first-order valence-corrected chi connectivity index (χ1v) is 5.36. The zero-order valence-electron chi connectivity index (χ0n) is 9.78. The van der Waals surface area contributed by atoms with Crippen LogP contribution in [0.4, 0.5) is 0 Å². The van der Waals surface area contributed by atoms with E-state index in [-0.39, 0.29) is 0 Å². The molecule has 1 heteroatoms. The monoisotopic (exact) mass is 181 g/mol. The minimum atomic E-state index is 0.309. The lowest BCUT2D eigenvalue weighted by Gasteiger charge is -2.33. The molecule has 0 unspecified atom stereocenters. The van der Waals surface area contributed by atoms with Crippen molar-refractivity contribution in [1.29, 1.82) is 0 Å². The maximum atomic E-state index is 2.56. The average Bonchev–Trinajstić information content (AvgIpc) is 2.34. The van der Waals surface area contributed by atoms with Gasteiger partial charge in [-0.25, -0.2) is 0 Å². The van der Waals surface area contributed by atoms with Gasteiger partial charge in [-0.05, 0) is 26.7 Å². The number of rotatable bonds is 1. The molecule has 1 aliphatic rings. The second-order valence-corrected chi connectivity index (χ2v) is 5.29. The van der Waals surface area contributed by atoms with Gasteiger partial charge in [0.05, 0.1) is 0 Å².